The van der Waals surface area contributed by atoms with Gasteiger partial charge >= 0.3 is 0 Å². The topological polar surface area (TPSA) is 12.0 Å². The van der Waals surface area contributed by atoms with Crippen LogP contribution in [0.15, 0.2) is 12.2 Å². The summed E-state index contributed by atoms with van der Waals surface area (Å²) in [5.41, 5.74) is 0. The van der Waals surface area contributed by atoms with Gasteiger partial charge in [0, 0.05) is 6.04 Å². The normalized spacial score (nSPS) is 14.2. The molecule has 0 fully saturated rings. The maximum atomic E-state index is 3.58. The molecule has 0 amide bonds. The number of nitrogens with one attached hydrogen (secondary N) is 1. The molecule has 0 aromatic carbocycles. The monoisotopic (exact) mass is 183 g/mol. The maximum absolute atomic E-state index is 3.58. The molecule has 0 aliphatic rings. The van der Waals surface area contributed by atoms with E-state index in [9.17, 15) is 0 Å². The lowest BCUT2D eigenvalue weighted by Crippen LogP contribution is -2.33. The van der Waals surface area contributed by atoms with Gasteiger partial charge in [-0.15, -0.1) is 0 Å². The Hall–Kier alpha value is -0.300. The van der Waals surface area contributed by atoms with E-state index in [4.69, 9.17) is 0 Å². The standard InChI is InChI=1S/C12H25N/c1-5-7-8-9-12(11(3)4)13-10-6-2/h7-8,11-13H,5-6,9-10H2,1-4H3. The number of hydrogen-bond donors (Lipinski definition) is 1. The van der Waals surface area contributed by atoms with Gasteiger partial charge in [0.25, 0.3) is 0 Å². The number of allylic oxidation sites excluding steroid dienone is 1. The molecule has 1 unspecified atom stereocenters. The van der Waals surface area contributed by atoms with Crippen molar-refractivity contribution in [3.63, 3.8) is 0 Å². The van der Waals surface area contributed by atoms with Gasteiger partial charge in [-0.1, -0.05) is 39.8 Å². The van der Waals surface area contributed by atoms with Crippen molar-refractivity contribution in [2.45, 2.75) is 53.0 Å². The number of rotatable bonds is 7. The molecule has 0 spiro atoms. The molecular weight excluding hydrogens is 158 g/mol. The Bertz CT molecular complexity index is 127. The summed E-state index contributed by atoms with van der Waals surface area (Å²) < 4.78 is 0. The molecule has 0 saturated heterocycles. The van der Waals surface area contributed by atoms with E-state index < -0.39 is 0 Å². The average molecular weight is 183 g/mol. The van der Waals surface area contributed by atoms with Gasteiger partial charge in [0.05, 0.1) is 0 Å². The van der Waals surface area contributed by atoms with Crippen molar-refractivity contribution in [3.8, 4) is 0 Å². The second-order valence-corrected chi connectivity index (χ2v) is 3.92. The zero-order valence-electron chi connectivity index (χ0n) is 9.64. The minimum absolute atomic E-state index is 0.655. The second-order valence-electron chi connectivity index (χ2n) is 3.92. The maximum Gasteiger partial charge on any atom is 0.0124 e. The first-order valence-corrected chi connectivity index (χ1v) is 5.60. The van der Waals surface area contributed by atoms with Gasteiger partial charge in [0.1, 0.15) is 0 Å². The highest BCUT2D eigenvalue weighted by Crippen LogP contribution is 2.07. The Morgan fingerprint density at radius 2 is 1.85 bits per heavy atom. The van der Waals surface area contributed by atoms with Crippen molar-refractivity contribution >= 4 is 0 Å². The summed E-state index contributed by atoms with van der Waals surface area (Å²) >= 11 is 0. The van der Waals surface area contributed by atoms with E-state index in [2.05, 4.69) is 45.2 Å². The largest absolute Gasteiger partial charge is 0.313 e. The summed E-state index contributed by atoms with van der Waals surface area (Å²) in [5.74, 6) is 0.730. The third-order valence-electron chi connectivity index (χ3n) is 2.25. The fourth-order valence-corrected chi connectivity index (χ4v) is 1.33. The van der Waals surface area contributed by atoms with Crippen molar-refractivity contribution < 1.29 is 0 Å². The molecule has 0 aliphatic carbocycles. The van der Waals surface area contributed by atoms with Crippen LogP contribution >= 0.6 is 0 Å². The first-order valence-electron chi connectivity index (χ1n) is 5.60. The van der Waals surface area contributed by atoms with E-state index >= 15 is 0 Å². The summed E-state index contributed by atoms with van der Waals surface area (Å²) in [6.45, 7) is 10.1. The van der Waals surface area contributed by atoms with E-state index in [0.717, 1.165) is 18.9 Å². The van der Waals surface area contributed by atoms with Crippen molar-refractivity contribution in [1.29, 1.82) is 0 Å². The first kappa shape index (κ1) is 12.7. The van der Waals surface area contributed by atoms with Crippen LogP contribution in [0.4, 0.5) is 0 Å². The van der Waals surface area contributed by atoms with Gasteiger partial charge in [0.15, 0.2) is 0 Å². The predicted molar refractivity (Wildman–Crippen MR) is 61.0 cm³/mol. The summed E-state index contributed by atoms with van der Waals surface area (Å²) in [6.07, 6.45) is 8.10. The van der Waals surface area contributed by atoms with Gasteiger partial charge in [-0.3, -0.25) is 0 Å². The quantitative estimate of drug-likeness (QED) is 0.597. The molecule has 0 heterocycles. The Kier molecular flexibility index (Phi) is 8.11. The Morgan fingerprint density at radius 3 is 2.31 bits per heavy atom. The highest BCUT2D eigenvalue weighted by molar-refractivity contribution is 4.86. The molecule has 0 aliphatic heterocycles. The van der Waals surface area contributed by atoms with Gasteiger partial charge in [-0.05, 0) is 31.7 Å². The highest BCUT2D eigenvalue weighted by Gasteiger charge is 2.09. The third kappa shape index (κ3) is 6.83. The van der Waals surface area contributed by atoms with Crippen molar-refractivity contribution in [2.24, 2.45) is 5.92 Å². The molecule has 0 aromatic rings. The first-order chi connectivity index (χ1) is 6.22. The third-order valence-corrected chi connectivity index (χ3v) is 2.25. The van der Waals surface area contributed by atoms with Crippen LogP contribution in [-0.2, 0) is 0 Å². The summed E-state index contributed by atoms with van der Waals surface area (Å²) in [4.78, 5) is 0. The van der Waals surface area contributed by atoms with Crippen LogP contribution in [-0.4, -0.2) is 12.6 Å². The summed E-state index contributed by atoms with van der Waals surface area (Å²) in [6, 6.07) is 0.655. The lowest BCUT2D eigenvalue weighted by atomic mass is 10.0. The highest BCUT2D eigenvalue weighted by atomic mass is 14.9. The van der Waals surface area contributed by atoms with Crippen molar-refractivity contribution in [3.05, 3.63) is 12.2 Å². The van der Waals surface area contributed by atoms with E-state index in [-0.39, 0.29) is 0 Å². The minimum atomic E-state index is 0.655. The molecule has 1 atom stereocenters. The van der Waals surface area contributed by atoms with Crippen LogP contribution in [0.1, 0.15) is 47.0 Å². The smallest absolute Gasteiger partial charge is 0.0124 e. The second kappa shape index (κ2) is 8.31. The molecule has 1 N–H and O–H groups in total. The van der Waals surface area contributed by atoms with Gasteiger partial charge in [-0.2, -0.15) is 0 Å². The van der Waals surface area contributed by atoms with Crippen LogP contribution in [0.3, 0.4) is 0 Å². The Labute approximate surface area is 83.6 Å². The average Bonchev–Trinajstić information content (AvgIpc) is 2.10. The molecule has 0 aromatic heterocycles. The minimum Gasteiger partial charge on any atom is -0.313 e. The lowest BCUT2D eigenvalue weighted by molar-refractivity contribution is 0.402. The van der Waals surface area contributed by atoms with E-state index in [1.165, 1.54) is 12.8 Å². The Balaban J connectivity index is 3.73. The molecule has 0 rings (SSSR count). The molecule has 1 nitrogen and oxygen atoms in total. The molecular formula is C12H25N. The zero-order chi connectivity index (χ0) is 10.1. The SMILES string of the molecule is CCC=CCC(NCCC)C(C)C. The van der Waals surface area contributed by atoms with E-state index in [1.807, 2.05) is 0 Å². The Morgan fingerprint density at radius 1 is 1.15 bits per heavy atom. The molecule has 0 radical (unpaired) electrons. The fraction of sp³-hybridized carbons (Fsp3) is 0.833. The summed E-state index contributed by atoms with van der Waals surface area (Å²) in [5, 5.41) is 3.58. The van der Waals surface area contributed by atoms with Gasteiger partial charge in [-0.25, -0.2) is 0 Å². The summed E-state index contributed by atoms with van der Waals surface area (Å²) in [7, 11) is 0. The molecule has 0 saturated carbocycles. The van der Waals surface area contributed by atoms with Gasteiger partial charge < -0.3 is 5.32 Å². The van der Waals surface area contributed by atoms with E-state index in [1.54, 1.807) is 0 Å². The van der Waals surface area contributed by atoms with E-state index in [0.29, 0.717) is 6.04 Å². The fourth-order valence-electron chi connectivity index (χ4n) is 1.33. The van der Waals surface area contributed by atoms with Crippen LogP contribution < -0.4 is 5.32 Å². The molecule has 13 heavy (non-hydrogen) atoms. The van der Waals surface area contributed by atoms with Crippen LogP contribution in [0, 0.1) is 5.92 Å². The number of hydrogen-bond acceptors (Lipinski definition) is 1. The lowest BCUT2D eigenvalue weighted by Gasteiger charge is -2.20. The zero-order valence-corrected chi connectivity index (χ0v) is 9.64. The van der Waals surface area contributed by atoms with Crippen molar-refractivity contribution in [1.82, 2.24) is 5.32 Å². The van der Waals surface area contributed by atoms with Crippen molar-refractivity contribution in [2.75, 3.05) is 6.54 Å². The van der Waals surface area contributed by atoms with Crippen LogP contribution in [0.2, 0.25) is 0 Å². The molecule has 1 heteroatoms. The van der Waals surface area contributed by atoms with Gasteiger partial charge in [0.2, 0.25) is 0 Å². The van der Waals surface area contributed by atoms with Crippen LogP contribution in [0.25, 0.3) is 0 Å². The van der Waals surface area contributed by atoms with Crippen LogP contribution in [0.5, 0.6) is 0 Å². The molecule has 0 bridgehead atoms. The molecule has 78 valence electrons. The predicted octanol–water partition coefficient (Wildman–Crippen LogP) is 3.37.